The van der Waals surface area contributed by atoms with Crippen molar-refractivity contribution in [2.75, 3.05) is 12.4 Å². The summed E-state index contributed by atoms with van der Waals surface area (Å²) < 4.78 is 6.40. The van der Waals surface area contributed by atoms with Gasteiger partial charge in [-0.3, -0.25) is 4.79 Å². The minimum absolute atomic E-state index is 0.142. The average Bonchev–Trinajstić information content (AvgIpc) is 2.88. The summed E-state index contributed by atoms with van der Waals surface area (Å²) in [6.07, 6.45) is 5.12. The first-order valence-electron chi connectivity index (χ1n) is 7.47. The number of ether oxygens (including phenoxy) is 1. The minimum Gasteiger partial charge on any atom is -0.469 e. The van der Waals surface area contributed by atoms with Crippen LogP contribution in [-0.4, -0.2) is 33.7 Å². The summed E-state index contributed by atoms with van der Waals surface area (Å²) >= 11 is 6.27. The number of aryl methyl sites for hydroxylation is 1. The van der Waals surface area contributed by atoms with E-state index in [0.29, 0.717) is 29.1 Å². The van der Waals surface area contributed by atoms with Crippen molar-refractivity contribution >= 4 is 29.0 Å². The standard InChI is InChI=1S/C15H19ClN4O2/c1-3-10-8-20-15(18-10)12(16)7-13(19-20)17-11-4-9(5-11)6-14(21)22-2/h7-9,11H,3-6H2,1-2H3,(H,17,19). The maximum absolute atomic E-state index is 11.2. The van der Waals surface area contributed by atoms with E-state index in [9.17, 15) is 4.79 Å². The number of carbonyl (C=O) groups excluding carboxylic acids is 1. The van der Waals surface area contributed by atoms with E-state index in [0.717, 1.165) is 30.8 Å². The molecule has 1 saturated carbocycles. The van der Waals surface area contributed by atoms with Crippen molar-refractivity contribution < 1.29 is 9.53 Å². The molecule has 22 heavy (non-hydrogen) atoms. The monoisotopic (exact) mass is 322 g/mol. The quantitative estimate of drug-likeness (QED) is 0.857. The number of esters is 1. The van der Waals surface area contributed by atoms with Crippen molar-refractivity contribution in [3.8, 4) is 0 Å². The third-order valence-electron chi connectivity index (χ3n) is 4.06. The number of nitrogens with one attached hydrogen (secondary N) is 1. The topological polar surface area (TPSA) is 68.5 Å². The van der Waals surface area contributed by atoms with Gasteiger partial charge in [-0.25, -0.2) is 9.50 Å². The van der Waals surface area contributed by atoms with Gasteiger partial charge >= 0.3 is 5.97 Å². The number of carbonyl (C=O) groups is 1. The molecule has 0 aromatic carbocycles. The van der Waals surface area contributed by atoms with Gasteiger partial charge in [0.1, 0.15) is 5.82 Å². The lowest BCUT2D eigenvalue weighted by molar-refractivity contribution is -0.142. The van der Waals surface area contributed by atoms with Crippen LogP contribution < -0.4 is 5.32 Å². The molecular formula is C15H19ClN4O2. The second-order valence-electron chi connectivity index (χ2n) is 5.69. The second kappa shape index (κ2) is 6.12. The van der Waals surface area contributed by atoms with Crippen molar-refractivity contribution in [3.63, 3.8) is 0 Å². The van der Waals surface area contributed by atoms with Crippen molar-refractivity contribution in [1.29, 1.82) is 0 Å². The van der Waals surface area contributed by atoms with Crippen LogP contribution in [0.4, 0.5) is 5.82 Å². The summed E-state index contributed by atoms with van der Waals surface area (Å²) in [7, 11) is 1.42. The molecule has 2 aromatic rings. The van der Waals surface area contributed by atoms with Gasteiger partial charge in [0.05, 0.1) is 24.0 Å². The number of hydrogen-bond acceptors (Lipinski definition) is 5. The van der Waals surface area contributed by atoms with Crippen LogP contribution in [0.5, 0.6) is 0 Å². The molecule has 1 aliphatic carbocycles. The molecule has 118 valence electrons. The molecule has 7 heteroatoms. The Morgan fingerprint density at radius 2 is 2.32 bits per heavy atom. The number of nitrogens with zero attached hydrogens (tertiary/aromatic N) is 3. The smallest absolute Gasteiger partial charge is 0.305 e. The molecule has 0 atom stereocenters. The summed E-state index contributed by atoms with van der Waals surface area (Å²) in [5.74, 6) is 0.986. The molecule has 1 aliphatic rings. The number of hydrogen-bond donors (Lipinski definition) is 1. The van der Waals surface area contributed by atoms with Gasteiger partial charge in [0, 0.05) is 18.5 Å². The number of aromatic nitrogens is 3. The zero-order chi connectivity index (χ0) is 15.7. The van der Waals surface area contributed by atoms with E-state index >= 15 is 0 Å². The molecule has 0 unspecified atom stereocenters. The van der Waals surface area contributed by atoms with E-state index in [1.54, 1.807) is 10.6 Å². The largest absolute Gasteiger partial charge is 0.469 e. The van der Waals surface area contributed by atoms with Gasteiger partial charge in [-0.05, 0) is 25.2 Å². The fourth-order valence-corrected chi connectivity index (χ4v) is 3.01. The average molecular weight is 323 g/mol. The number of imidazole rings is 1. The zero-order valence-corrected chi connectivity index (χ0v) is 13.4. The van der Waals surface area contributed by atoms with Crippen molar-refractivity contribution in [3.05, 3.63) is 23.0 Å². The van der Waals surface area contributed by atoms with Crippen molar-refractivity contribution in [2.45, 2.75) is 38.6 Å². The van der Waals surface area contributed by atoms with Gasteiger partial charge in [0.25, 0.3) is 0 Å². The Bertz CT molecular complexity index is 694. The lowest BCUT2D eigenvalue weighted by atomic mass is 9.78. The van der Waals surface area contributed by atoms with Crippen LogP contribution in [-0.2, 0) is 16.0 Å². The number of halogens is 1. The predicted octanol–water partition coefficient (Wildman–Crippen LogP) is 2.70. The van der Waals surface area contributed by atoms with Crippen LogP contribution in [0.15, 0.2) is 12.3 Å². The van der Waals surface area contributed by atoms with Crippen LogP contribution in [0.3, 0.4) is 0 Å². The zero-order valence-electron chi connectivity index (χ0n) is 12.7. The Morgan fingerprint density at radius 1 is 1.55 bits per heavy atom. The van der Waals surface area contributed by atoms with E-state index in [1.165, 1.54) is 7.11 Å². The third-order valence-corrected chi connectivity index (χ3v) is 4.34. The summed E-state index contributed by atoms with van der Waals surface area (Å²) in [6, 6.07) is 2.13. The number of rotatable bonds is 5. The number of anilines is 1. The lowest BCUT2D eigenvalue weighted by Crippen LogP contribution is -2.37. The first-order valence-corrected chi connectivity index (χ1v) is 7.85. The fourth-order valence-electron chi connectivity index (χ4n) is 2.78. The predicted molar refractivity (Wildman–Crippen MR) is 84.1 cm³/mol. The van der Waals surface area contributed by atoms with Crippen LogP contribution in [0.1, 0.15) is 31.9 Å². The maximum Gasteiger partial charge on any atom is 0.305 e. The Balaban J connectivity index is 1.64. The molecule has 0 amide bonds. The van der Waals surface area contributed by atoms with E-state index in [4.69, 9.17) is 11.6 Å². The molecule has 1 N–H and O–H groups in total. The molecule has 0 spiro atoms. The van der Waals surface area contributed by atoms with Crippen LogP contribution in [0, 0.1) is 5.92 Å². The molecule has 0 bridgehead atoms. The highest BCUT2D eigenvalue weighted by atomic mass is 35.5. The van der Waals surface area contributed by atoms with E-state index in [1.807, 2.05) is 13.1 Å². The second-order valence-corrected chi connectivity index (χ2v) is 6.10. The van der Waals surface area contributed by atoms with Gasteiger partial charge in [0.15, 0.2) is 5.65 Å². The molecule has 1 fully saturated rings. The summed E-state index contributed by atoms with van der Waals surface area (Å²) in [4.78, 5) is 15.6. The van der Waals surface area contributed by atoms with Gasteiger partial charge in [0.2, 0.25) is 0 Å². The molecule has 2 aromatic heterocycles. The highest BCUT2D eigenvalue weighted by molar-refractivity contribution is 6.33. The van der Waals surface area contributed by atoms with Gasteiger partial charge in [-0.2, -0.15) is 0 Å². The SMILES string of the molecule is CCc1cn2nc(NC3CC(CC(=O)OC)C3)cc(Cl)c2n1. The summed E-state index contributed by atoms with van der Waals surface area (Å²) in [5.41, 5.74) is 1.65. The molecule has 0 aliphatic heterocycles. The molecule has 0 radical (unpaired) electrons. The molecule has 2 heterocycles. The normalized spacial score (nSPS) is 20.7. The Kier molecular flexibility index (Phi) is 4.20. The van der Waals surface area contributed by atoms with Gasteiger partial charge in [-0.15, -0.1) is 5.10 Å². The van der Waals surface area contributed by atoms with Crippen molar-refractivity contribution in [1.82, 2.24) is 14.6 Å². The molecular weight excluding hydrogens is 304 g/mol. The van der Waals surface area contributed by atoms with E-state index in [-0.39, 0.29) is 5.97 Å². The Labute approximate surface area is 133 Å². The summed E-state index contributed by atoms with van der Waals surface area (Å²) in [5, 5.41) is 8.44. The van der Waals surface area contributed by atoms with Crippen LogP contribution in [0.2, 0.25) is 5.02 Å². The van der Waals surface area contributed by atoms with E-state index < -0.39 is 0 Å². The van der Waals surface area contributed by atoms with Gasteiger partial charge < -0.3 is 10.1 Å². The molecule has 6 nitrogen and oxygen atoms in total. The van der Waals surface area contributed by atoms with Crippen molar-refractivity contribution in [2.24, 2.45) is 5.92 Å². The highest BCUT2D eigenvalue weighted by Gasteiger charge is 2.31. The Morgan fingerprint density at radius 3 is 3.00 bits per heavy atom. The first-order chi connectivity index (χ1) is 10.6. The Hall–Kier alpha value is -1.82. The third kappa shape index (κ3) is 3.02. The van der Waals surface area contributed by atoms with Crippen LogP contribution >= 0.6 is 11.6 Å². The lowest BCUT2D eigenvalue weighted by Gasteiger charge is -2.35. The fraction of sp³-hybridized carbons (Fsp3) is 0.533. The first kappa shape index (κ1) is 15.1. The molecule has 0 saturated heterocycles. The number of fused-ring (bicyclic) bond motifs is 1. The van der Waals surface area contributed by atoms with Crippen LogP contribution in [0.25, 0.3) is 5.65 Å². The summed E-state index contributed by atoms with van der Waals surface area (Å²) in [6.45, 7) is 2.05. The maximum atomic E-state index is 11.2. The van der Waals surface area contributed by atoms with E-state index in [2.05, 4.69) is 20.1 Å². The molecule has 3 rings (SSSR count). The minimum atomic E-state index is -0.142. The van der Waals surface area contributed by atoms with Gasteiger partial charge in [-0.1, -0.05) is 18.5 Å². The number of methoxy groups -OCH3 is 1. The highest BCUT2D eigenvalue weighted by Crippen LogP contribution is 2.33.